The first kappa shape index (κ1) is 48.4. The van der Waals surface area contributed by atoms with E-state index in [1.807, 2.05) is 0 Å². The average Bonchev–Trinajstić information content (AvgIpc) is 3.81. The van der Waals surface area contributed by atoms with Gasteiger partial charge < -0.3 is 24.6 Å². The van der Waals surface area contributed by atoms with Crippen LogP contribution in [0.5, 0.6) is 0 Å². The maximum atomic E-state index is 16.3. The first-order chi connectivity index (χ1) is 28.3. The number of amides is 3. The van der Waals surface area contributed by atoms with Crippen LogP contribution in [0.25, 0.3) is 10.1 Å². The van der Waals surface area contributed by atoms with E-state index in [4.69, 9.17) is 18.5 Å². The smallest absolute Gasteiger partial charge is 0.410 e. The molecule has 2 aromatic rings. The molecule has 3 fully saturated rings. The number of halogens is 2. The van der Waals surface area contributed by atoms with Gasteiger partial charge in [-0.15, -0.1) is 11.3 Å². The number of hydrogen-bond donors (Lipinski definition) is 1. The molecule has 3 atom stereocenters. The summed E-state index contributed by atoms with van der Waals surface area (Å²) in [5.74, 6) is -2.95. The van der Waals surface area contributed by atoms with Crippen LogP contribution in [0.3, 0.4) is 0 Å². The molecule has 3 amide bonds. The molecule has 4 heterocycles. The van der Waals surface area contributed by atoms with Gasteiger partial charge in [0.2, 0.25) is 25.4 Å². The van der Waals surface area contributed by atoms with Crippen LogP contribution in [-0.2, 0) is 58.1 Å². The predicted octanol–water partition coefficient (Wildman–Crippen LogP) is 5.25. The van der Waals surface area contributed by atoms with Crippen molar-refractivity contribution in [2.75, 3.05) is 53.9 Å². The summed E-state index contributed by atoms with van der Waals surface area (Å²) in [7, 11) is -6.36. The van der Waals surface area contributed by atoms with Crippen LogP contribution in [-0.4, -0.2) is 128 Å². The van der Waals surface area contributed by atoms with E-state index in [0.29, 0.717) is 36.8 Å². The fourth-order valence-corrected chi connectivity index (χ4v) is 10.4. The zero-order valence-corrected chi connectivity index (χ0v) is 38.3. The highest BCUT2D eigenvalue weighted by atomic mass is 32.2. The number of piperazine rings is 1. The molecule has 5 rings (SSSR count). The van der Waals surface area contributed by atoms with Gasteiger partial charge in [-0.25, -0.2) is 0 Å². The highest BCUT2D eigenvalue weighted by molar-refractivity contribution is 7.86. The maximum Gasteiger partial charge on any atom is 0.410 e. The van der Waals surface area contributed by atoms with Gasteiger partial charge in [0.05, 0.1) is 15.7 Å². The molecule has 340 valence electrons. The highest BCUT2D eigenvalue weighted by Gasteiger charge is 2.56. The van der Waals surface area contributed by atoms with E-state index in [-0.39, 0.29) is 48.4 Å². The summed E-state index contributed by atoms with van der Waals surface area (Å²) in [6.07, 6.45) is 3.44. The zero-order valence-electron chi connectivity index (χ0n) is 35.7. The van der Waals surface area contributed by atoms with Gasteiger partial charge in [0.1, 0.15) is 12.1 Å². The summed E-state index contributed by atoms with van der Waals surface area (Å²) in [5, 5.41) is 2.99. The molecule has 0 bridgehead atoms. The fourth-order valence-electron chi connectivity index (χ4n) is 7.15. The number of benzene rings is 1. The van der Waals surface area contributed by atoms with Crippen LogP contribution < -0.4 is 5.32 Å². The Labute approximate surface area is 359 Å². The Morgan fingerprint density at radius 3 is 2.00 bits per heavy atom. The van der Waals surface area contributed by atoms with Crippen molar-refractivity contribution < 1.29 is 64.3 Å². The minimum absolute atomic E-state index is 0.0975. The molecule has 3 aliphatic rings. The first-order valence-electron chi connectivity index (χ1n) is 20.0. The normalized spacial score (nSPS) is 21.2. The molecule has 3 aliphatic heterocycles. The van der Waals surface area contributed by atoms with Crippen LogP contribution in [0.1, 0.15) is 95.3 Å². The van der Waals surface area contributed by atoms with E-state index in [2.05, 4.69) is 5.32 Å². The number of esters is 2. The minimum Gasteiger partial charge on any atom is -0.438 e. The molecule has 0 spiro atoms. The number of fused-ring (bicyclic) bond motifs is 2. The molecule has 22 heteroatoms. The summed E-state index contributed by atoms with van der Waals surface area (Å²) in [5.41, 5.74) is -7.28. The Balaban J connectivity index is 1.31. The Bertz CT molecular complexity index is 2110. The molecule has 0 saturated carbocycles. The van der Waals surface area contributed by atoms with E-state index in [1.165, 1.54) is 72.1 Å². The molecular weight excluding hydrogens is 864 g/mol. The summed E-state index contributed by atoms with van der Waals surface area (Å²) in [6, 6.07) is 2.68. The second-order valence-electron chi connectivity index (χ2n) is 17.6. The van der Waals surface area contributed by atoms with Crippen molar-refractivity contribution in [2.24, 2.45) is 10.8 Å². The van der Waals surface area contributed by atoms with Crippen molar-refractivity contribution in [3.8, 4) is 0 Å². The van der Waals surface area contributed by atoms with Gasteiger partial charge in [-0.3, -0.25) is 37.6 Å². The number of ether oxygens (including phenoxy) is 2. The lowest BCUT2D eigenvalue weighted by atomic mass is 9.98. The summed E-state index contributed by atoms with van der Waals surface area (Å²) < 4.78 is 94.2. The molecule has 0 unspecified atom stereocenters. The topological polar surface area (TPSA) is 198 Å². The largest absolute Gasteiger partial charge is 0.438 e. The van der Waals surface area contributed by atoms with Gasteiger partial charge in [-0.2, -0.15) is 25.8 Å². The number of thiophene rings is 1. The Hall–Kier alpha value is -3.59. The quantitative estimate of drug-likeness (QED) is 0.156. The Kier molecular flexibility index (Phi) is 14.8. The second-order valence-corrected chi connectivity index (χ2v) is 22.9. The van der Waals surface area contributed by atoms with Gasteiger partial charge in [0.25, 0.3) is 16.1 Å². The monoisotopic (exact) mass is 919 g/mol. The summed E-state index contributed by atoms with van der Waals surface area (Å²) in [6.45, 7) is 7.37. The van der Waals surface area contributed by atoms with Crippen molar-refractivity contribution in [1.29, 1.82) is 0 Å². The number of hydrogen-bond acceptors (Lipinski definition) is 13. The lowest BCUT2D eigenvalue weighted by Gasteiger charge is -2.39. The van der Waals surface area contributed by atoms with Crippen LogP contribution in [0, 0.1) is 10.8 Å². The second kappa shape index (κ2) is 18.6. The van der Waals surface area contributed by atoms with Crippen LogP contribution >= 0.6 is 18.9 Å². The molecule has 1 aromatic carbocycles. The van der Waals surface area contributed by atoms with Gasteiger partial charge >= 0.3 is 25.2 Å². The average molecular weight is 920 g/mol. The number of alkyl halides is 2. The van der Waals surface area contributed by atoms with Gasteiger partial charge in [0.15, 0.2) is 0 Å². The predicted molar refractivity (Wildman–Crippen MR) is 220 cm³/mol. The van der Waals surface area contributed by atoms with Crippen LogP contribution in [0.15, 0.2) is 24.3 Å². The van der Waals surface area contributed by atoms with E-state index < -0.39 is 89.3 Å². The van der Waals surface area contributed by atoms with Gasteiger partial charge in [-0.1, -0.05) is 18.9 Å². The summed E-state index contributed by atoms with van der Waals surface area (Å²) >= 11 is 0.978. The Morgan fingerprint density at radius 1 is 0.869 bits per heavy atom. The minimum atomic E-state index is -5.60. The molecule has 61 heavy (non-hydrogen) atoms. The number of carbonyl (C=O) groups is 5. The molecule has 1 aromatic heterocycles. The van der Waals surface area contributed by atoms with Crippen molar-refractivity contribution in [1.82, 2.24) is 23.7 Å². The number of carbonyl (C=O) groups excluding carboxylic acids is 5. The molecule has 0 aliphatic carbocycles. The lowest BCUT2D eigenvalue weighted by molar-refractivity contribution is -0.163. The van der Waals surface area contributed by atoms with E-state index >= 15 is 8.78 Å². The zero-order chi connectivity index (χ0) is 45.3. The summed E-state index contributed by atoms with van der Waals surface area (Å²) in [4.78, 5) is 69.7. The maximum absolute atomic E-state index is 16.3. The molecular formula is C39H56F2N5O12PS2. The third-order valence-electron chi connectivity index (χ3n) is 10.7. The number of nitrogens with one attached hydrogen (secondary N) is 1. The molecule has 17 nitrogen and oxygen atoms in total. The lowest BCUT2D eigenvalue weighted by Crippen LogP contribution is -2.59. The van der Waals surface area contributed by atoms with Gasteiger partial charge in [-0.05, 0) is 90.8 Å². The SMILES string of the molecule is CN(C)S(=O)(=O)N1CCN(C(=O)[C@@H]2CC[C@@H]3CCCC[C@H](NC(=O)c4cc5cc(C(F)(F)P(=O)(OCOC(=O)C(C)(C)C)OCOC(=O)C(C)(C)C)ccc5s4)C(=O)N32)CC1. The van der Waals surface area contributed by atoms with E-state index in [1.54, 1.807) is 9.80 Å². The van der Waals surface area contributed by atoms with Crippen molar-refractivity contribution in [3.05, 3.63) is 34.7 Å². The fraction of sp³-hybridized carbons (Fsp3) is 0.667. The molecule has 0 radical (unpaired) electrons. The van der Waals surface area contributed by atoms with Crippen molar-refractivity contribution in [2.45, 2.75) is 104 Å². The molecule has 1 N–H and O–H groups in total. The van der Waals surface area contributed by atoms with Crippen LogP contribution in [0.4, 0.5) is 8.78 Å². The first-order valence-corrected chi connectivity index (χ1v) is 23.8. The van der Waals surface area contributed by atoms with Crippen molar-refractivity contribution >= 4 is 68.9 Å². The number of nitrogens with zero attached hydrogens (tertiary/aromatic N) is 4. The van der Waals surface area contributed by atoms with Crippen LogP contribution in [0.2, 0.25) is 0 Å². The molecule has 3 saturated heterocycles. The van der Waals surface area contributed by atoms with Gasteiger partial charge in [0, 0.05) is 56.6 Å². The van der Waals surface area contributed by atoms with E-state index in [9.17, 15) is 37.0 Å². The third-order valence-corrected chi connectivity index (χ3v) is 15.6. The standard InChI is InChI=1S/C39H56F2N5O12PS2/c1-37(2,3)35(50)55-23-57-59(52,58-24-56-36(51)38(4,5)6)39(40,41)26-13-16-30-25(21-26)22-31(60-30)32(47)42-28-12-10-9-11-27-14-15-29(46(27)33(28)48)34(49)44-17-19-45(20-18-44)61(53,54)43(7)8/h13,16,21-22,27-29H,9-12,14-15,17-20,23-24H2,1-8H3,(H,42,47)/t27-,28-,29-/m0/s1. The van der Waals surface area contributed by atoms with E-state index in [0.717, 1.165) is 34.2 Å². The third kappa shape index (κ3) is 10.8. The highest BCUT2D eigenvalue weighted by Crippen LogP contribution is 2.67. The van der Waals surface area contributed by atoms with Crippen molar-refractivity contribution in [3.63, 3.8) is 0 Å². The Morgan fingerprint density at radius 2 is 1.44 bits per heavy atom. The number of rotatable bonds is 13.